The standard InChI is InChI=1S/C18H14N4O2/c19-10-11-4-6-12(7-5-11)17-20-18(23)14-3-1-2-13-15(21-24)8-9-22(17)16(13)14/h1-7,17,24H,8-9H2,(H,20,23)/b21-15+. The lowest BCUT2D eigenvalue weighted by Gasteiger charge is -2.42. The summed E-state index contributed by atoms with van der Waals surface area (Å²) < 4.78 is 0. The number of carbonyl (C=O) groups excluding carboxylic acids is 1. The van der Waals surface area contributed by atoms with Gasteiger partial charge >= 0.3 is 0 Å². The summed E-state index contributed by atoms with van der Waals surface area (Å²) in [5.74, 6) is -0.156. The van der Waals surface area contributed by atoms with Gasteiger partial charge in [0.25, 0.3) is 5.91 Å². The van der Waals surface area contributed by atoms with E-state index in [0.29, 0.717) is 29.8 Å². The molecule has 4 rings (SSSR count). The zero-order chi connectivity index (χ0) is 16.7. The monoisotopic (exact) mass is 318 g/mol. The molecule has 0 fully saturated rings. The van der Waals surface area contributed by atoms with E-state index in [2.05, 4.69) is 21.4 Å². The van der Waals surface area contributed by atoms with E-state index < -0.39 is 0 Å². The molecule has 0 bridgehead atoms. The Bertz CT molecular complexity index is 896. The van der Waals surface area contributed by atoms with Crippen molar-refractivity contribution in [2.45, 2.75) is 12.6 Å². The molecule has 2 heterocycles. The second-order valence-electron chi connectivity index (χ2n) is 5.80. The van der Waals surface area contributed by atoms with Gasteiger partial charge in [0.05, 0.1) is 28.6 Å². The lowest BCUT2D eigenvalue weighted by atomic mass is 9.92. The molecule has 0 saturated heterocycles. The zero-order valence-corrected chi connectivity index (χ0v) is 12.7. The van der Waals surface area contributed by atoms with Gasteiger partial charge in [-0.2, -0.15) is 5.26 Å². The highest BCUT2D eigenvalue weighted by Gasteiger charge is 2.36. The van der Waals surface area contributed by atoms with Gasteiger partial charge in [-0.05, 0) is 23.8 Å². The fourth-order valence-electron chi connectivity index (χ4n) is 3.39. The van der Waals surface area contributed by atoms with Gasteiger partial charge in [-0.3, -0.25) is 4.79 Å². The third kappa shape index (κ3) is 2.02. The van der Waals surface area contributed by atoms with Crippen molar-refractivity contribution in [1.82, 2.24) is 5.32 Å². The van der Waals surface area contributed by atoms with Crippen molar-refractivity contribution >= 4 is 17.3 Å². The molecule has 24 heavy (non-hydrogen) atoms. The lowest BCUT2D eigenvalue weighted by molar-refractivity contribution is 0.0926. The topological polar surface area (TPSA) is 88.7 Å². The molecule has 1 amide bonds. The summed E-state index contributed by atoms with van der Waals surface area (Å²) in [7, 11) is 0. The van der Waals surface area contributed by atoms with Crippen LogP contribution in [-0.4, -0.2) is 23.4 Å². The highest BCUT2D eigenvalue weighted by molar-refractivity contribution is 6.13. The highest BCUT2D eigenvalue weighted by atomic mass is 16.4. The molecule has 6 nitrogen and oxygen atoms in total. The number of amides is 1. The Morgan fingerprint density at radius 2 is 1.96 bits per heavy atom. The number of nitriles is 1. The molecule has 2 aliphatic rings. The third-order valence-corrected chi connectivity index (χ3v) is 4.52. The molecule has 1 unspecified atom stereocenters. The number of hydrogen-bond donors (Lipinski definition) is 2. The Balaban J connectivity index is 1.84. The molecule has 2 aromatic carbocycles. The first-order valence-corrected chi connectivity index (χ1v) is 7.65. The average Bonchev–Trinajstić information content (AvgIpc) is 2.64. The van der Waals surface area contributed by atoms with Crippen molar-refractivity contribution < 1.29 is 10.0 Å². The lowest BCUT2D eigenvalue weighted by Crippen LogP contribution is -2.49. The van der Waals surface area contributed by atoms with E-state index in [1.54, 1.807) is 24.3 Å². The molecule has 2 aliphatic heterocycles. The van der Waals surface area contributed by atoms with E-state index >= 15 is 0 Å². The normalized spacial score (nSPS) is 20.3. The van der Waals surface area contributed by atoms with Crippen molar-refractivity contribution in [3.63, 3.8) is 0 Å². The van der Waals surface area contributed by atoms with Crippen LogP contribution in [0.5, 0.6) is 0 Å². The number of hydrogen-bond acceptors (Lipinski definition) is 5. The number of benzene rings is 2. The maximum atomic E-state index is 12.5. The molecule has 2 aromatic rings. The van der Waals surface area contributed by atoms with Crippen LogP contribution < -0.4 is 10.2 Å². The predicted octanol–water partition coefficient (Wildman–Crippen LogP) is 2.39. The van der Waals surface area contributed by atoms with Crippen molar-refractivity contribution in [2.75, 3.05) is 11.4 Å². The van der Waals surface area contributed by atoms with Gasteiger partial charge < -0.3 is 15.4 Å². The van der Waals surface area contributed by atoms with Crippen LogP contribution in [0.25, 0.3) is 0 Å². The van der Waals surface area contributed by atoms with Gasteiger partial charge in [0, 0.05) is 18.5 Å². The molecule has 0 aromatic heterocycles. The molecule has 0 radical (unpaired) electrons. The van der Waals surface area contributed by atoms with Crippen LogP contribution in [-0.2, 0) is 0 Å². The van der Waals surface area contributed by atoms with Gasteiger partial charge in [0.2, 0.25) is 0 Å². The van der Waals surface area contributed by atoms with Gasteiger partial charge in [-0.1, -0.05) is 29.4 Å². The summed E-state index contributed by atoms with van der Waals surface area (Å²) in [6, 6.07) is 14.7. The van der Waals surface area contributed by atoms with Crippen molar-refractivity contribution in [3.8, 4) is 6.07 Å². The minimum atomic E-state index is -0.306. The van der Waals surface area contributed by atoms with Crippen molar-refractivity contribution in [2.24, 2.45) is 5.16 Å². The summed E-state index contributed by atoms with van der Waals surface area (Å²) in [6.07, 6.45) is 0.287. The zero-order valence-electron chi connectivity index (χ0n) is 12.7. The summed E-state index contributed by atoms with van der Waals surface area (Å²) in [5.41, 5.74) is 4.25. The van der Waals surface area contributed by atoms with Crippen LogP contribution in [0.1, 0.15) is 39.6 Å². The van der Waals surface area contributed by atoms with Crippen LogP contribution in [0.4, 0.5) is 5.69 Å². The molecule has 0 saturated carbocycles. The average molecular weight is 318 g/mol. The predicted molar refractivity (Wildman–Crippen MR) is 88.1 cm³/mol. The first kappa shape index (κ1) is 14.3. The van der Waals surface area contributed by atoms with Crippen LogP contribution in [0.15, 0.2) is 47.6 Å². The van der Waals surface area contributed by atoms with Gasteiger partial charge in [-0.25, -0.2) is 0 Å². The van der Waals surface area contributed by atoms with Gasteiger partial charge in [0.15, 0.2) is 0 Å². The molecule has 1 atom stereocenters. The highest BCUT2D eigenvalue weighted by Crippen LogP contribution is 2.39. The molecular formula is C18H14N4O2. The summed E-state index contributed by atoms with van der Waals surface area (Å²) in [6.45, 7) is 0.633. The Hall–Kier alpha value is -3.33. The first-order chi connectivity index (χ1) is 11.7. The number of oxime groups is 1. The maximum absolute atomic E-state index is 12.5. The number of nitrogens with one attached hydrogen (secondary N) is 1. The number of anilines is 1. The van der Waals surface area contributed by atoms with Gasteiger partial charge in [0.1, 0.15) is 6.17 Å². The van der Waals surface area contributed by atoms with E-state index in [-0.39, 0.29) is 12.1 Å². The second kappa shape index (κ2) is 5.39. The molecular weight excluding hydrogens is 304 g/mol. The molecule has 0 spiro atoms. The first-order valence-electron chi connectivity index (χ1n) is 7.65. The quantitative estimate of drug-likeness (QED) is 0.624. The number of carbonyl (C=O) groups is 1. The Kier molecular flexibility index (Phi) is 3.21. The van der Waals surface area contributed by atoms with E-state index in [9.17, 15) is 10.0 Å². The van der Waals surface area contributed by atoms with Crippen LogP contribution in [0.3, 0.4) is 0 Å². The number of rotatable bonds is 1. The Morgan fingerprint density at radius 3 is 2.67 bits per heavy atom. The molecule has 118 valence electrons. The molecule has 6 heteroatoms. The SMILES string of the molecule is N#Cc1ccc(C2NC(=O)c3cccc4c3N2CC/C4=N\O)cc1. The summed E-state index contributed by atoms with van der Waals surface area (Å²) in [5, 5.41) is 24.6. The third-order valence-electron chi connectivity index (χ3n) is 4.52. The van der Waals surface area contributed by atoms with Crippen LogP contribution >= 0.6 is 0 Å². The summed E-state index contributed by atoms with van der Waals surface area (Å²) >= 11 is 0. The minimum absolute atomic E-state index is 0.156. The fourth-order valence-corrected chi connectivity index (χ4v) is 3.39. The Labute approximate surface area is 138 Å². The van der Waals surface area contributed by atoms with E-state index in [0.717, 1.165) is 16.8 Å². The van der Waals surface area contributed by atoms with Crippen molar-refractivity contribution in [3.05, 3.63) is 64.7 Å². The second-order valence-corrected chi connectivity index (χ2v) is 5.80. The van der Waals surface area contributed by atoms with Gasteiger partial charge in [-0.15, -0.1) is 0 Å². The fraction of sp³-hybridized carbons (Fsp3) is 0.167. The Morgan fingerprint density at radius 1 is 1.21 bits per heavy atom. The van der Waals surface area contributed by atoms with E-state index in [4.69, 9.17) is 5.26 Å². The minimum Gasteiger partial charge on any atom is -0.411 e. The van der Waals surface area contributed by atoms with E-state index in [1.807, 2.05) is 18.2 Å². The smallest absolute Gasteiger partial charge is 0.255 e. The molecule has 0 aliphatic carbocycles. The largest absolute Gasteiger partial charge is 0.411 e. The molecule has 2 N–H and O–H groups in total. The van der Waals surface area contributed by atoms with Crippen LogP contribution in [0.2, 0.25) is 0 Å². The van der Waals surface area contributed by atoms with Crippen molar-refractivity contribution in [1.29, 1.82) is 5.26 Å². The number of para-hydroxylation sites is 1. The number of nitrogens with zero attached hydrogens (tertiary/aromatic N) is 3. The van der Waals surface area contributed by atoms with Crippen LogP contribution in [0, 0.1) is 11.3 Å². The maximum Gasteiger partial charge on any atom is 0.255 e. The van der Waals surface area contributed by atoms with E-state index in [1.165, 1.54) is 0 Å². The summed E-state index contributed by atoms with van der Waals surface area (Å²) in [4.78, 5) is 14.6.